The number of carbonyl (C=O) groups excluding carboxylic acids is 1. The zero-order valence-corrected chi connectivity index (χ0v) is 19.2. The van der Waals surface area contributed by atoms with Gasteiger partial charge in [0.05, 0.1) is 5.69 Å². The van der Waals surface area contributed by atoms with Gasteiger partial charge in [-0.1, -0.05) is 67.4 Å². The van der Waals surface area contributed by atoms with Crippen molar-refractivity contribution in [1.29, 1.82) is 0 Å². The van der Waals surface area contributed by atoms with Crippen LogP contribution >= 0.6 is 22.9 Å². The summed E-state index contributed by atoms with van der Waals surface area (Å²) in [6, 6.07) is 18.0. The molecular formula is C25H26ClN3OS. The maximum atomic E-state index is 12.8. The predicted molar refractivity (Wildman–Crippen MR) is 129 cm³/mol. The van der Waals surface area contributed by atoms with Gasteiger partial charge in [-0.3, -0.25) is 9.20 Å². The summed E-state index contributed by atoms with van der Waals surface area (Å²) in [5, 5.41) is 2.86. The monoisotopic (exact) mass is 451 g/mol. The van der Waals surface area contributed by atoms with Crippen molar-refractivity contribution in [3.05, 3.63) is 82.5 Å². The van der Waals surface area contributed by atoms with E-state index in [4.69, 9.17) is 16.6 Å². The number of halogens is 1. The number of hydrogen-bond donors (Lipinski definition) is 0. The molecule has 0 spiro atoms. The highest BCUT2D eigenvalue weighted by Gasteiger charge is 2.16. The van der Waals surface area contributed by atoms with Crippen LogP contribution in [-0.4, -0.2) is 26.7 Å². The molecule has 0 fully saturated rings. The molecule has 4 rings (SSSR count). The normalized spacial score (nSPS) is 11.2. The summed E-state index contributed by atoms with van der Waals surface area (Å²) in [6.07, 6.45) is 5.43. The molecular weight excluding hydrogens is 426 g/mol. The van der Waals surface area contributed by atoms with Crippen LogP contribution in [0.2, 0.25) is 5.02 Å². The van der Waals surface area contributed by atoms with Gasteiger partial charge in [-0.25, -0.2) is 4.98 Å². The van der Waals surface area contributed by atoms with Crippen LogP contribution in [0, 0.1) is 0 Å². The van der Waals surface area contributed by atoms with Crippen molar-refractivity contribution in [2.75, 3.05) is 6.54 Å². The smallest absolute Gasteiger partial charge is 0.222 e. The highest BCUT2D eigenvalue weighted by molar-refractivity contribution is 7.15. The second-order valence-corrected chi connectivity index (χ2v) is 8.94. The molecule has 0 radical (unpaired) electrons. The Morgan fingerprint density at radius 3 is 2.65 bits per heavy atom. The minimum atomic E-state index is 0.227. The fourth-order valence-corrected chi connectivity index (χ4v) is 4.63. The zero-order chi connectivity index (χ0) is 21.6. The van der Waals surface area contributed by atoms with Crippen molar-refractivity contribution in [2.24, 2.45) is 0 Å². The van der Waals surface area contributed by atoms with E-state index in [0.29, 0.717) is 19.5 Å². The van der Waals surface area contributed by atoms with Gasteiger partial charge in [0, 0.05) is 53.8 Å². The number of rotatable bonds is 9. The third-order valence-electron chi connectivity index (χ3n) is 5.37. The second-order valence-electron chi connectivity index (χ2n) is 7.67. The number of aromatic nitrogens is 2. The molecule has 0 aliphatic carbocycles. The van der Waals surface area contributed by atoms with Gasteiger partial charge < -0.3 is 4.90 Å². The number of amides is 1. The van der Waals surface area contributed by atoms with Crippen LogP contribution in [-0.2, 0) is 17.8 Å². The molecule has 4 nitrogen and oxygen atoms in total. The van der Waals surface area contributed by atoms with E-state index in [1.54, 1.807) is 11.3 Å². The van der Waals surface area contributed by atoms with E-state index in [2.05, 4.69) is 35.0 Å². The van der Waals surface area contributed by atoms with Crippen LogP contribution in [0.4, 0.5) is 0 Å². The van der Waals surface area contributed by atoms with E-state index < -0.39 is 0 Å². The first-order valence-corrected chi connectivity index (χ1v) is 11.9. The first kappa shape index (κ1) is 21.6. The molecule has 0 aliphatic rings. The third kappa shape index (κ3) is 5.35. The van der Waals surface area contributed by atoms with Crippen molar-refractivity contribution in [1.82, 2.24) is 14.3 Å². The summed E-state index contributed by atoms with van der Waals surface area (Å²) in [7, 11) is 0. The highest BCUT2D eigenvalue weighted by Crippen LogP contribution is 2.25. The first-order valence-electron chi connectivity index (χ1n) is 10.7. The van der Waals surface area contributed by atoms with Crippen LogP contribution in [0.1, 0.15) is 37.4 Å². The maximum Gasteiger partial charge on any atom is 0.222 e. The lowest BCUT2D eigenvalue weighted by Gasteiger charge is -2.23. The van der Waals surface area contributed by atoms with Gasteiger partial charge in [-0.15, -0.1) is 11.3 Å². The predicted octanol–water partition coefficient (Wildman–Crippen LogP) is 6.48. The first-order chi connectivity index (χ1) is 15.1. The molecule has 0 bridgehead atoms. The van der Waals surface area contributed by atoms with Crippen molar-refractivity contribution in [3.63, 3.8) is 0 Å². The molecule has 31 heavy (non-hydrogen) atoms. The van der Waals surface area contributed by atoms with E-state index >= 15 is 0 Å². The Hall–Kier alpha value is -2.63. The number of benzene rings is 2. The van der Waals surface area contributed by atoms with Gasteiger partial charge in [0.15, 0.2) is 4.96 Å². The Balaban J connectivity index is 1.50. The van der Waals surface area contributed by atoms with Crippen LogP contribution in [0.3, 0.4) is 0 Å². The van der Waals surface area contributed by atoms with Gasteiger partial charge in [0.2, 0.25) is 5.91 Å². The van der Waals surface area contributed by atoms with Crippen molar-refractivity contribution >= 4 is 33.8 Å². The SMILES string of the molecule is CCCCC(=O)N(CCc1csc2nc(-c3ccc(Cl)cc3)cn12)Cc1ccccc1. The van der Waals surface area contributed by atoms with Crippen molar-refractivity contribution < 1.29 is 4.79 Å². The number of imidazole rings is 1. The molecule has 0 atom stereocenters. The fraction of sp³-hybridized carbons (Fsp3) is 0.280. The summed E-state index contributed by atoms with van der Waals surface area (Å²) in [6.45, 7) is 3.46. The summed E-state index contributed by atoms with van der Waals surface area (Å²) in [5.74, 6) is 0.227. The molecule has 1 amide bonds. The lowest BCUT2D eigenvalue weighted by Crippen LogP contribution is -2.32. The molecule has 0 saturated carbocycles. The Bertz CT molecular complexity index is 1130. The average Bonchev–Trinajstić information content (AvgIpc) is 3.37. The third-order valence-corrected chi connectivity index (χ3v) is 6.52. The van der Waals surface area contributed by atoms with Gasteiger partial charge in [0.1, 0.15) is 0 Å². The number of hydrogen-bond acceptors (Lipinski definition) is 3. The molecule has 2 aromatic heterocycles. The Labute approximate surface area is 192 Å². The molecule has 0 aliphatic heterocycles. The Morgan fingerprint density at radius 1 is 1.13 bits per heavy atom. The van der Waals surface area contributed by atoms with Crippen LogP contribution in [0.25, 0.3) is 16.2 Å². The fourth-order valence-electron chi connectivity index (χ4n) is 3.60. The Morgan fingerprint density at radius 2 is 1.90 bits per heavy atom. The van der Waals surface area contributed by atoms with Gasteiger partial charge >= 0.3 is 0 Å². The van der Waals surface area contributed by atoms with E-state index in [1.165, 1.54) is 5.69 Å². The number of fused-ring (bicyclic) bond motifs is 1. The largest absolute Gasteiger partial charge is 0.338 e. The molecule has 2 aromatic carbocycles. The maximum absolute atomic E-state index is 12.8. The highest BCUT2D eigenvalue weighted by atomic mass is 35.5. The summed E-state index contributed by atoms with van der Waals surface area (Å²) < 4.78 is 2.14. The van der Waals surface area contributed by atoms with Crippen molar-refractivity contribution in [2.45, 2.75) is 39.2 Å². The number of unbranched alkanes of at least 4 members (excludes halogenated alkanes) is 1. The van der Waals surface area contributed by atoms with Gasteiger partial charge in [-0.2, -0.15) is 0 Å². The molecule has 0 N–H and O–H groups in total. The average molecular weight is 452 g/mol. The number of thiazole rings is 1. The molecule has 2 heterocycles. The summed E-state index contributed by atoms with van der Waals surface area (Å²) in [4.78, 5) is 20.6. The van der Waals surface area contributed by atoms with Crippen LogP contribution in [0.5, 0.6) is 0 Å². The lowest BCUT2D eigenvalue weighted by atomic mass is 10.1. The standard InChI is InChI=1S/C25H26ClN3OS/c1-2-3-9-24(30)28(16-19-7-5-4-6-8-19)15-14-22-18-31-25-27-23(17-29(22)25)20-10-12-21(26)13-11-20/h4-8,10-13,17-18H,2-3,9,14-16H2,1H3. The topological polar surface area (TPSA) is 37.6 Å². The zero-order valence-electron chi connectivity index (χ0n) is 17.6. The number of carbonyl (C=O) groups is 1. The Kier molecular flexibility index (Phi) is 7.05. The molecule has 6 heteroatoms. The van der Waals surface area contributed by atoms with E-state index in [9.17, 15) is 4.79 Å². The van der Waals surface area contributed by atoms with Crippen LogP contribution in [0.15, 0.2) is 66.2 Å². The van der Waals surface area contributed by atoms with E-state index in [0.717, 1.165) is 46.1 Å². The van der Waals surface area contributed by atoms with Crippen molar-refractivity contribution in [3.8, 4) is 11.3 Å². The van der Waals surface area contributed by atoms with Crippen LogP contribution < -0.4 is 0 Å². The van der Waals surface area contributed by atoms with Gasteiger partial charge in [0.25, 0.3) is 0 Å². The van der Waals surface area contributed by atoms with E-state index in [-0.39, 0.29) is 5.91 Å². The second kappa shape index (κ2) is 10.1. The summed E-state index contributed by atoms with van der Waals surface area (Å²) in [5.41, 5.74) is 4.32. The molecule has 0 unspecified atom stereocenters. The van der Waals surface area contributed by atoms with E-state index in [1.807, 2.05) is 47.4 Å². The van der Waals surface area contributed by atoms with Gasteiger partial charge in [-0.05, 0) is 24.1 Å². The molecule has 160 valence electrons. The minimum Gasteiger partial charge on any atom is -0.338 e. The minimum absolute atomic E-state index is 0.227. The lowest BCUT2D eigenvalue weighted by molar-refractivity contribution is -0.131. The summed E-state index contributed by atoms with van der Waals surface area (Å²) >= 11 is 7.65. The molecule has 0 saturated heterocycles. The quantitative estimate of drug-likeness (QED) is 0.292. The molecule has 4 aromatic rings. The number of nitrogens with zero attached hydrogens (tertiary/aromatic N) is 3.